The second-order valence-electron chi connectivity index (χ2n) is 3.49. The second kappa shape index (κ2) is 3.94. The summed E-state index contributed by atoms with van der Waals surface area (Å²) in [5, 5.41) is -0.243. The number of thiophene rings is 1. The third-order valence-electron chi connectivity index (χ3n) is 2.49. The number of halogens is 1. The van der Waals surface area contributed by atoms with Gasteiger partial charge in [0.25, 0.3) is 0 Å². The third kappa shape index (κ3) is 2.04. The average molecular weight is 295 g/mol. The molecule has 2 nitrogen and oxygen atoms in total. The standard InChI is InChI=1S/C9H11BrO2S2/c10-9-5-4-7(13-9)8-3-1-2-6-14(8,11)12/h4-5,8H,1-3,6H2/t8-/m0/s1. The Morgan fingerprint density at radius 3 is 2.71 bits per heavy atom. The van der Waals surface area contributed by atoms with E-state index < -0.39 is 9.84 Å². The SMILES string of the molecule is O=S1(=O)CCCC[C@H]1c1ccc(Br)s1. The lowest BCUT2D eigenvalue weighted by Crippen LogP contribution is -2.20. The molecule has 14 heavy (non-hydrogen) atoms. The zero-order chi connectivity index (χ0) is 10.2. The summed E-state index contributed by atoms with van der Waals surface area (Å²) >= 11 is 4.89. The van der Waals surface area contributed by atoms with Crippen molar-refractivity contribution in [1.29, 1.82) is 0 Å². The molecule has 1 atom stereocenters. The normalized spacial score (nSPS) is 26.2. The van der Waals surface area contributed by atoms with Crippen molar-refractivity contribution in [2.75, 3.05) is 5.75 Å². The monoisotopic (exact) mass is 294 g/mol. The van der Waals surface area contributed by atoms with Gasteiger partial charge in [-0.1, -0.05) is 6.42 Å². The lowest BCUT2D eigenvalue weighted by Gasteiger charge is -2.20. The molecule has 1 saturated heterocycles. The highest BCUT2D eigenvalue weighted by Gasteiger charge is 2.31. The molecule has 0 bridgehead atoms. The van der Waals surface area contributed by atoms with Gasteiger partial charge in [0.15, 0.2) is 9.84 Å². The van der Waals surface area contributed by atoms with Gasteiger partial charge in [-0.2, -0.15) is 0 Å². The van der Waals surface area contributed by atoms with Gasteiger partial charge in [-0.3, -0.25) is 0 Å². The summed E-state index contributed by atoms with van der Waals surface area (Å²) < 4.78 is 24.6. The van der Waals surface area contributed by atoms with E-state index in [4.69, 9.17) is 0 Å². The van der Waals surface area contributed by atoms with Crippen LogP contribution in [0.2, 0.25) is 0 Å². The Bertz CT molecular complexity index is 422. The largest absolute Gasteiger partial charge is 0.228 e. The van der Waals surface area contributed by atoms with E-state index >= 15 is 0 Å². The van der Waals surface area contributed by atoms with Gasteiger partial charge in [0, 0.05) is 4.88 Å². The summed E-state index contributed by atoms with van der Waals surface area (Å²) in [5.41, 5.74) is 0. The molecule has 1 fully saturated rings. The van der Waals surface area contributed by atoms with Crippen LogP contribution >= 0.6 is 27.3 Å². The molecule has 0 spiro atoms. The van der Waals surface area contributed by atoms with E-state index in [1.807, 2.05) is 12.1 Å². The van der Waals surface area contributed by atoms with E-state index in [-0.39, 0.29) is 5.25 Å². The van der Waals surface area contributed by atoms with Crippen molar-refractivity contribution in [3.8, 4) is 0 Å². The van der Waals surface area contributed by atoms with Gasteiger partial charge >= 0.3 is 0 Å². The summed E-state index contributed by atoms with van der Waals surface area (Å²) in [6.07, 6.45) is 2.64. The minimum atomic E-state index is -2.87. The summed E-state index contributed by atoms with van der Waals surface area (Å²) in [4.78, 5) is 0.983. The summed E-state index contributed by atoms with van der Waals surface area (Å²) in [7, 11) is -2.87. The zero-order valence-corrected chi connectivity index (χ0v) is 10.8. The molecule has 0 N–H and O–H groups in total. The molecule has 78 valence electrons. The van der Waals surface area contributed by atoms with Crippen LogP contribution < -0.4 is 0 Å². The second-order valence-corrected chi connectivity index (χ2v) is 8.29. The first-order valence-corrected chi connectivity index (χ1v) is 7.89. The Morgan fingerprint density at radius 2 is 2.14 bits per heavy atom. The van der Waals surface area contributed by atoms with Gasteiger partial charge in [0.1, 0.15) is 0 Å². The highest BCUT2D eigenvalue weighted by molar-refractivity contribution is 9.11. The molecule has 1 aliphatic rings. The third-order valence-corrected chi connectivity index (χ3v) is 6.59. The van der Waals surface area contributed by atoms with Crippen LogP contribution in [0.25, 0.3) is 0 Å². The van der Waals surface area contributed by atoms with Gasteiger partial charge in [-0.05, 0) is 40.9 Å². The molecule has 2 rings (SSSR count). The van der Waals surface area contributed by atoms with Crippen LogP contribution in [-0.2, 0) is 9.84 Å². The van der Waals surface area contributed by atoms with Crippen LogP contribution in [0.5, 0.6) is 0 Å². The highest BCUT2D eigenvalue weighted by atomic mass is 79.9. The van der Waals surface area contributed by atoms with E-state index in [9.17, 15) is 8.42 Å². The highest BCUT2D eigenvalue weighted by Crippen LogP contribution is 2.38. The van der Waals surface area contributed by atoms with Crippen LogP contribution in [-0.4, -0.2) is 14.2 Å². The number of hydrogen-bond donors (Lipinski definition) is 0. The molecule has 1 aromatic heterocycles. The van der Waals surface area contributed by atoms with Gasteiger partial charge in [0.2, 0.25) is 0 Å². The molecule has 0 amide bonds. The first kappa shape index (κ1) is 10.6. The Labute approximate surface area is 96.4 Å². The van der Waals surface area contributed by atoms with E-state index in [0.717, 1.165) is 27.9 Å². The first-order chi connectivity index (χ1) is 6.59. The molecular formula is C9H11BrO2S2. The molecule has 5 heteroatoms. The van der Waals surface area contributed by atoms with Crippen molar-refractivity contribution in [2.45, 2.75) is 24.5 Å². The summed E-state index contributed by atoms with van der Waals surface area (Å²) in [6.45, 7) is 0. The molecule has 0 aromatic carbocycles. The molecule has 2 heterocycles. The van der Waals surface area contributed by atoms with Crippen LogP contribution in [0.3, 0.4) is 0 Å². The maximum absolute atomic E-state index is 11.8. The topological polar surface area (TPSA) is 34.1 Å². The molecular weight excluding hydrogens is 284 g/mol. The maximum Gasteiger partial charge on any atom is 0.158 e. The average Bonchev–Trinajstić information content (AvgIpc) is 2.51. The first-order valence-electron chi connectivity index (χ1n) is 4.56. The Balaban J connectivity index is 2.33. The van der Waals surface area contributed by atoms with Gasteiger partial charge in [0.05, 0.1) is 14.8 Å². The van der Waals surface area contributed by atoms with Crippen molar-refractivity contribution in [2.24, 2.45) is 0 Å². The van der Waals surface area contributed by atoms with E-state index in [2.05, 4.69) is 15.9 Å². The maximum atomic E-state index is 11.8. The predicted octanol–water partition coefficient (Wildman–Crippen LogP) is 3.15. The number of rotatable bonds is 1. The molecule has 1 aromatic rings. The van der Waals surface area contributed by atoms with E-state index in [1.165, 1.54) is 11.3 Å². The van der Waals surface area contributed by atoms with Crippen LogP contribution in [0.4, 0.5) is 0 Å². The molecule has 0 unspecified atom stereocenters. The number of hydrogen-bond acceptors (Lipinski definition) is 3. The van der Waals surface area contributed by atoms with Gasteiger partial charge in [-0.15, -0.1) is 11.3 Å². The summed E-state index contributed by atoms with van der Waals surface area (Å²) in [5.74, 6) is 0.354. The van der Waals surface area contributed by atoms with Gasteiger partial charge < -0.3 is 0 Å². The quantitative estimate of drug-likeness (QED) is 0.797. The zero-order valence-electron chi connectivity index (χ0n) is 7.57. The Hall–Kier alpha value is 0.130. The predicted molar refractivity (Wildman–Crippen MR) is 62.4 cm³/mol. The lowest BCUT2D eigenvalue weighted by molar-refractivity contribution is 0.548. The fourth-order valence-electron chi connectivity index (χ4n) is 1.78. The minimum Gasteiger partial charge on any atom is -0.228 e. The van der Waals surface area contributed by atoms with Gasteiger partial charge in [-0.25, -0.2) is 8.42 Å². The fraction of sp³-hybridized carbons (Fsp3) is 0.556. The molecule has 0 aliphatic carbocycles. The van der Waals surface area contributed by atoms with Crippen LogP contribution in [0.1, 0.15) is 29.4 Å². The van der Waals surface area contributed by atoms with Crippen LogP contribution in [0, 0.1) is 0 Å². The molecule has 1 aliphatic heterocycles. The molecule has 0 radical (unpaired) electrons. The number of sulfone groups is 1. The smallest absolute Gasteiger partial charge is 0.158 e. The van der Waals surface area contributed by atoms with Crippen molar-refractivity contribution in [1.82, 2.24) is 0 Å². The fourth-order valence-corrected chi connectivity index (χ4v) is 5.65. The summed E-state index contributed by atoms with van der Waals surface area (Å²) in [6, 6.07) is 3.84. The Morgan fingerprint density at radius 1 is 1.36 bits per heavy atom. The molecule has 0 saturated carbocycles. The van der Waals surface area contributed by atoms with E-state index in [1.54, 1.807) is 0 Å². The Kier molecular flexibility index (Phi) is 3.00. The van der Waals surface area contributed by atoms with Crippen molar-refractivity contribution >= 4 is 37.1 Å². The van der Waals surface area contributed by atoms with Crippen molar-refractivity contribution < 1.29 is 8.42 Å². The van der Waals surface area contributed by atoms with Crippen molar-refractivity contribution in [3.63, 3.8) is 0 Å². The van der Waals surface area contributed by atoms with Crippen molar-refractivity contribution in [3.05, 3.63) is 20.8 Å². The van der Waals surface area contributed by atoms with Crippen LogP contribution in [0.15, 0.2) is 15.9 Å². The minimum absolute atomic E-state index is 0.243. The lowest BCUT2D eigenvalue weighted by atomic mass is 10.1. The van der Waals surface area contributed by atoms with E-state index in [0.29, 0.717) is 5.75 Å².